The second kappa shape index (κ2) is 13.5. The summed E-state index contributed by atoms with van der Waals surface area (Å²) < 4.78 is 11.2. The lowest BCUT2D eigenvalue weighted by Gasteiger charge is -2.33. The highest BCUT2D eigenvalue weighted by Gasteiger charge is 2.23. The lowest BCUT2D eigenvalue weighted by Crippen LogP contribution is -2.40. The van der Waals surface area contributed by atoms with Gasteiger partial charge in [0, 0.05) is 56.8 Å². The van der Waals surface area contributed by atoms with Gasteiger partial charge in [0.2, 0.25) is 5.95 Å². The van der Waals surface area contributed by atoms with E-state index in [1.54, 1.807) is 14.2 Å². The molecule has 0 saturated carbocycles. The largest absolute Gasteiger partial charge is 0.493 e. The maximum absolute atomic E-state index is 5.61. The van der Waals surface area contributed by atoms with E-state index in [1.165, 1.54) is 5.57 Å². The Balaban J connectivity index is 1.57. The minimum absolute atomic E-state index is 0.326. The lowest BCUT2D eigenvalue weighted by atomic mass is 10.0. The summed E-state index contributed by atoms with van der Waals surface area (Å²) in [6, 6.07) is 4.28. The van der Waals surface area contributed by atoms with Crippen LogP contribution < -0.4 is 19.7 Å². The molecule has 3 heterocycles. The number of likely N-dealkylation sites (N-methyl/N-ethyl adjacent to an activating group) is 1. The molecular formula is C30H42N6O2. The van der Waals surface area contributed by atoms with E-state index >= 15 is 0 Å². The Hall–Kier alpha value is -3.28. The molecule has 2 fully saturated rings. The van der Waals surface area contributed by atoms with Gasteiger partial charge in [-0.3, -0.25) is 4.90 Å². The number of hydrogen-bond donors (Lipinski definition) is 1. The molecule has 38 heavy (non-hydrogen) atoms. The highest BCUT2D eigenvalue weighted by Crippen LogP contribution is 2.35. The maximum Gasteiger partial charge on any atom is 0.227 e. The van der Waals surface area contributed by atoms with Crippen LogP contribution in [0.25, 0.3) is 10.9 Å². The van der Waals surface area contributed by atoms with Crippen LogP contribution in [0, 0.1) is 12.3 Å². The molecule has 0 spiro atoms. The molecule has 1 aromatic carbocycles. The number of benzene rings is 1. The monoisotopic (exact) mass is 518 g/mol. The van der Waals surface area contributed by atoms with Crippen LogP contribution in [-0.2, 0) is 0 Å². The number of methoxy groups -OCH3 is 2. The van der Waals surface area contributed by atoms with Crippen LogP contribution >= 0.6 is 0 Å². The molecule has 0 amide bonds. The third kappa shape index (κ3) is 6.77. The van der Waals surface area contributed by atoms with Crippen molar-refractivity contribution in [3.05, 3.63) is 35.9 Å². The molecule has 0 radical (unpaired) electrons. The molecular weight excluding hydrogens is 476 g/mol. The Morgan fingerprint density at radius 2 is 1.82 bits per heavy atom. The fraction of sp³-hybridized carbons (Fsp3) is 0.533. The summed E-state index contributed by atoms with van der Waals surface area (Å²) in [5.41, 5.74) is 2.03. The summed E-state index contributed by atoms with van der Waals surface area (Å²) >= 11 is 0. The molecule has 204 valence electrons. The van der Waals surface area contributed by atoms with Gasteiger partial charge in [-0.15, -0.1) is 6.42 Å². The molecule has 0 atom stereocenters. The zero-order valence-electron chi connectivity index (χ0n) is 23.4. The topological polar surface area (TPSA) is 66.0 Å². The summed E-state index contributed by atoms with van der Waals surface area (Å²) in [5.74, 6) is 5.66. The number of likely N-dealkylation sites (tertiary alicyclic amines) is 1. The van der Waals surface area contributed by atoms with Crippen molar-refractivity contribution in [1.29, 1.82) is 0 Å². The van der Waals surface area contributed by atoms with Crippen LogP contribution in [0.1, 0.15) is 33.1 Å². The van der Waals surface area contributed by atoms with Crippen LogP contribution in [0.3, 0.4) is 0 Å². The number of aromatic nitrogens is 2. The van der Waals surface area contributed by atoms with E-state index in [2.05, 4.69) is 38.9 Å². The smallest absolute Gasteiger partial charge is 0.227 e. The van der Waals surface area contributed by atoms with Crippen LogP contribution in [0.2, 0.25) is 0 Å². The predicted octanol–water partition coefficient (Wildman–Crippen LogP) is 4.19. The SMILES string of the molecule is C#C/C=C(\C=C/C)CN1CCC(Nc2nc(N3CCCN(CC)CC3)nc3cc(OC)c(OC)cc23)CC1. The standard InChI is InChI=1S/C30H42N6O2/c1-6-10-23(11-7-2)22-35-16-12-24(13-17-35)31-29-25-20-27(37-4)28(38-5)21-26(25)32-30(33-29)36-15-9-14-34(8-3)18-19-36/h1,7,10-11,20-21,24H,8-9,12-19,22H2,2-5H3,(H,31,32,33)/b11-7-,23-10+. The Labute approximate surface area is 227 Å². The van der Waals surface area contributed by atoms with E-state index in [0.29, 0.717) is 17.5 Å². The summed E-state index contributed by atoms with van der Waals surface area (Å²) in [5, 5.41) is 4.73. The highest BCUT2D eigenvalue weighted by molar-refractivity contribution is 5.93. The second-order valence-electron chi connectivity index (χ2n) is 9.95. The fourth-order valence-electron chi connectivity index (χ4n) is 5.34. The molecule has 2 aliphatic heterocycles. The maximum atomic E-state index is 5.61. The zero-order chi connectivity index (χ0) is 26.9. The van der Waals surface area contributed by atoms with Gasteiger partial charge in [-0.2, -0.15) is 4.98 Å². The van der Waals surface area contributed by atoms with Crippen molar-refractivity contribution in [2.24, 2.45) is 0 Å². The Morgan fingerprint density at radius 1 is 1.05 bits per heavy atom. The van der Waals surface area contributed by atoms with Gasteiger partial charge in [0.1, 0.15) is 5.82 Å². The Bertz CT molecular complexity index is 1180. The number of allylic oxidation sites excluding steroid dienone is 2. The van der Waals surface area contributed by atoms with Gasteiger partial charge in [-0.1, -0.05) is 25.0 Å². The van der Waals surface area contributed by atoms with E-state index in [0.717, 1.165) is 94.3 Å². The number of anilines is 2. The Morgan fingerprint density at radius 3 is 2.50 bits per heavy atom. The minimum Gasteiger partial charge on any atom is -0.493 e. The molecule has 1 aromatic heterocycles. The summed E-state index contributed by atoms with van der Waals surface area (Å²) in [6.07, 6.45) is 14.7. The number of hydrogen-bond acceptors (Lipinski definition) is 8. The number of nitrogens with zero attached hydrogens (tertiary/aromatic N) is 5. The lowest BCUT2D eigenvalue weighted by molar-refractivity contribution is 0.237. The molecule has 2 saturated heterocycles. The van der Waals surface area contributed by atoms with Gasteiger partial charge in [0.05, 0.1) is 19.7 Å². The van der Waals surface area contributed by atoms with Crippen molar-refractivity contribution >= 4 is 22.7 Å². The first-order valence-electron chi connectivity index (χ1n) is 13.8. The van der Waals surface area contributed by atoms with E-state index in [-0.39, 0.29) is 0 Å². The number of ether oxygens (including phenoxy) is 2. The summed E-state index contributed by atoms with van der Waals surface area (Å²) in [4.78, 5) is 17.4. The predicted molar refractivity (Wildman–Crippen MR) is 156 cm³/mol. The molecule has 0 unspecified atom stereocenters. The minimum atomic E-state index is 0.326. The molecule has 8 nitrogen and oxygen atoms in total. The quantitative estimate of drug-likeness (QED) is 0.392. The van der Waals surface area contributed by atoms with Crippen LogP contribution in [-0.4, -0.2) is 92.4 Å². The van der Waals surface area contributed by atoms with Crippen LogP contribution in [0.4, 0.5) is 11.8 Å². The van der Waals surface area contributed by atoms with E-state index < -0.39 is 0 Å². The van der Waals surface area contributed by atoms with Gasteiger partial charge < -0.3 is 24.6 Å². The second-order valence-corrected chi connectivity index (χ2v) is 9.95. The normalized spacial score (nSPS) is 18.5. The van der Waals surface area contributed by atoms with Crippen molar-refractivity contribution in [3.8, 4) is 23.8 Å². The number of rotatable bonds is 9. The van der Waals surface area contributed by atoms with Gasteiger partial charge in [-0.25, -0.2) is 4.98 Å². The van der Waals surface area contributed by atoms with E-state index in [4.69, 9.17) is 25.9 Å². The van der Waals surface area contributed by atoms with Gasteiger partial charge >= 0.3 is 0 Å². The molecule has 1 N–H and O–H groups in total. The molecule has 2 aromatic rings. The molecule has 4 rings (SSSR count). The van der Waals surface area contributed by atoms with E-state index in [9.17, 15) is 0 Å². The average molecular weight is 519 g/mol. The first-order valence-corrected chi connectivity index (χ1v) is 13.8. The van der Waals surface area contributed by atoms with Crippen molar-refractivity contribution in [2.45, 2.75) is 39.2 Å². The molecule has 2 aliphatic rings. The highest BCUT2D eigenvalue weighted by atomic mass is 16.5. The number of terminal acetylenes is 1. The Kier molecular flexibility index (Phi) is 9.85. The van der Waals surface area contributed by atoms with E-state index in [1.807, 2.05) is 31.2 Å². The number of fused-ring (bicyclic) bond motifs is 1. The number of nitrogens with one attached hydrogen (secondary N) is 1. The van der Waals surface area contributed by atoms with Crippen molar-refractivity contribution in [2.75, 3.05) is 76.8 Å². The first kappa shape index (κ1) is 27.7. The van der Waals surface area contributed by atoms with Gasteiger partial charge in [0.25, 0.3) is 0 Å². The third-order valence-corrected chi connectivity index (χ3v) is 7.49. The first-order chi connectivity index (χ1) is 18.6. The van der Waals surface area contributed by atoms with Crippen LogP contribution in [0.5, 0.6) is 11.5 Å². The molecule has 0 bridgehead atoms. The van der Waals surface area contributed by atoms with Crippen LogP contribution in [0.15, 0.2) is 35.9 Å². The third-order valence-electron chi connectivity index (χ3n) is 7.49. The zero-order valence-corrected chi connectivity index (χ0v) is 23.4. The average Bonchev–Trinajstić information content (AvgIpc) is 3.19. The van der Waals surface area contributed by atoms with Gasteiger partial charge in [-0.05, 0) is 57.0 Å². The van der Waals surface area contributed by atoms with Crippen molar-refractivity contribution in [1.82, 2.24) is 19.8 Å². The summed E-state index contributed by atoms with van der Waals surface area (Å²) in [7, 11) is 3.32. The number of piperidine rings is 1. The molecule has 0 aliphatic carbocycles. The molecule has 8 heteroatoms. The fourth-order valence-corrected chi connectivity index (χ4v) is 5.34. The van der Waals surface area contributed by atoms with Crippen molar-refractivity contribution in [3.63, 3.8) is 0 Å². The van der Waals surface area contributed by atoms with Crippen molar-refractivity contribution < 1.29 is 9.47 Å². The van der Waals surface area contributed by atoms with Gasteiger partial charge in [0.15, 0.2) is 11.5 Å². The summed E-state index contributed by atoms with van der Waals surface area (Å²) in [6.45, 7) is 12.2.